The van der Waals surface area contributed by atoms with Crippen molar-refractivity contribution in [3.05, 3.63) is 30.2 Å². The fraction of sp³-hybridized carbons (Fsp3) is 0.111. The lowest BCUT2D eigenvalue weighted by atomic mass is 10.1. The Hall–Kier alpha value is -1.84. The molecule has 4 nitrogen and oxygen atoms in total. The number of nitrogens with zero attached hydrogens (tertiary/aromatic N) is 2. The van der Waals surface area contributed by atoms with E-state index in [1.165, 1.54) is 6.20 Å². The number of pyridine rings is 1. The smallest absolute Gasteiger partial charge is 0.190 e. The van der Waals surface area contributed by atoms with Crippen LogP contribution in [0.4, 0.5) is 5.69 Å². The first-order valence-corrected chi connectivity index (χ1v) is 3.90. The second-order valence-electron chi connectivity index (χ2n) is 2.80. The second kappa shape index (κ2) is 2.90. The molecule has 0 saturated heterocycles. The van der Waals surface area contributed by atoms with E-state index in [0.717, 1.165) is 11.1 Å². The van der Waals surface area contributed by atoms with Gasteiger partial charge in [0.25, 0.3) is 0 Å². The Balaban J connectivity index is 2.59. The van der Waals surface area contributed by atoms with Gasteiger partial charge in [-0.05, 0) is 18.6 Å². The highest BCUT2D eigenvalue weighted by Gasteiger charge is 2.09. The number of aryl methyl sites for hydroxylation is 1. The van der Waals surface area contributed by atoms with E-state index in [9.17, 15) is 0 Å². The van der Waals surface area contributed by atoms with E-state index in [-0.39, 0.29) is 0 Å². The highest BCUT2D eigenvalue weighted by atomic mass is 16.5. The molecule has 0 fully saturated rings. The van der Waals surface area contributed by atoms with Gasteiger partial charge in [0.2, 0.25) is 0 Å². The molecule has 0 saturated carbocycles. The molecule has 13 heavy (non-hydrogen) atoms. The van der Waals surface area contributed by atoms with Crippen LogP contribution in [0.1, 0.15) is 5.56 Å². The maximum Gasteiger partial charge on any atom is 0.190 e. The Morgan fingerprint density at radius 3 is 2.85 bits per heavy atom. The quantitative estimate of drug-likeness (QED) is 0.715. The predicted octanol–water partition coefficient (Wildman–Crippen LogP) is 1.63. The van der Waals surface area contributed by atoms with Gasteiger partial charge in [-0.1, -0.05) is 5.16 Å². The van der Waals surface area contributed by atoms with Crippen LogP contribution in [0.5, 0.6) is 0 Å². The molecule has 2 N–H and O–H groups in total. The van der Waals surface area contributed by atoms with Gasteiger partial charge in [0.05, 0.1) is 6.20 Å². The summed E-state index contributed by atoms with van der Waals surface area (Å²) in [5, 5.41) is 3.62. The highest BCUT2D eigenvalue weighted by Crippen LogP contribution is 2.27. The van der Waals surface area contributed by atoms with Crippen molar-refractivity contribution in [2.24, 2.45) is 0 Å². The first-order chi connectivity index (χ1) is 6.29. The minimum Gasteiger partial charge on any atom is -0.394 e. The van der Waals surface area contributed by atoms with E-state index in [2.05, 4.69) is 10.1 Å². The topological polar surface area (TPSA) is 64.9 Å². The molecule has 2 heterocycles. The standard InChI is InChI=1S/C9H9N3O/c1-6-4-11-3-2-7(6)9-8(10)5-12-13-9/h2-5H,10H2,1H3. The minimum absolute atomic E-state index is 0.550. The molecular formula is C9H9N3O. The summed E-state index contributed by atoms with van der Waals surface area (Å²) < 4.78 is 5.03. The minimum atomic E-state index is 0.550. The van der Waals surface area contributed by atoms with E-state index < -0.39 is 0 Å². The molecule has 0 amide bonds. The average molecular weight is 175 g/mol. The monoisotopic (exact) mass is 175 g/mol. The van der Waals surface area contributed by atoms with Gasteiger partial charge in [0.15, 0.2) is 5.76 Å². The highest BCUT2D eigenvalue weighted by molar-refractivity contribution is 5.71. The lowest BCUT2D eigenvalue weighted by Gasteiger charge is -2.00. The van der Waals surface area contributed by atoms with Gasteiger partial charge in [-0.3, -0.25) is 4.98 Å². The molecule has 4 heteroatoms. The molecule has 2 aromatic rings. The van der Waals surface area contributed by atoms with Crippen LogP contribution in [0, 0.1) is 6.92 Å². The summed E-state index contributed by atoms with van der Waals surface area (Å²) in [5.74, 6) is 0.611. The summed E-state index contributed by atoms with van der Waals surface area (Å²) in [6.07, 6.45) is 4.96. The van der Waals surface area contributed by atoms with Gasteiger partial charge >= 0.3 is 0 Å². The number of nitrogen functional groups attached to an aromatic ring is 1. The molecule has 0 aromatic carbocycles. The molecule has 0 aliphatic rings. The van der Waals surface area contributed by atoms with E-state index in [0.29, 0.717) is 11.4 Å². The zero-order valence-corrected chi connectivity index (χ0v) is 7.19. The third-order valence-electron chi connectivity index (χ3n) is 1.86. The zero-order valence-electron chi connectivity index (χ0n) is 7.19. The van der Waals surface area contributed by atoms with E-state index in [1.54, 1.807) is 12.4 Å². The second-order valence-corrected chi connectivity index (χ2v) is 2.80. The van der Waals surface area contributed by atoms with Crippen molar-refractivity contribution in [3.63, 3.8) is 0 Å². The predicted molar refractivity (Wildman–Crippen MR) is 48.9 cm³/mol. The first-order valence-electron chi connectivity index (χ1n) is 3.90. The van der Waals surface area contributed by atoms with Crippen LogP contribution in [-0.2, 0) is 0 Å². The van der Waals surface area contributed by atoms with Gasteiger partial charge in [-0.15, -0.1) is 0 Å². The molecule has 0 aliphatic heterocycles. The van der Waals surface area contributed by atoms with Gasteiger partial charge in [-0.2, -0.15) is 0 Å². The molecule has 0 aliphatic carbocycles. The molecule has 2 aromatic heterocycles. The fourth-order valence-electron chi connectivity index (χ4n) is 1.18. The molecule has 0 spiro atoms. The van der Waals surface area contributed by atoms with Crippen LogP contribution in [0.25, 0.3) is 11.3 Å². The van der Waals surface area contributed by atoms with Crippen molar-refractivity contribution in [1.82, 2.24) is 10.1 Å². The maximum atomic E-state index is 5.66. The van der Waals surface area contributed by atoms with Crippen LogP contribution in [-0.4, -0.2) is 10.1 Å². The summed E-state index contributed by atoms with van der Waals surface area (Å²) in [5.41, 5.74) is 8.17. The zero-order chi connectivity index (χ0) is 9.26. The van der Waals surface area contributed by atoms with Crippen LogP contribution >= 0.6 is 0 Å². The molecule has 2 rings (SSSR count). The van der Waals surface area contributed by atoms with Gasteiger partial charge in [-0.25, -0.2) is 0 Å². The Morgan fingerprint density at radius 1 is 1.38 bits per heavy atom. The Labute approximate surface area is 75.4 Å². The van der Waals surface area contributed by atoms with Crippen LogP contribution in [0.15, 0.2) is 29.2 Å². The molecule has 66 valence electrons. The van der Waals surface area contributed by atoms with Crippen molar-refractivity contribution in [2.45, 2.75) is 6.92 Å². The summed E-state index contributed by atoms with van der Waals surface area (Å²) in [6, 6.07) is 1.85. The van der Waals surface area contributed by atoms with Crippen LogP contribution in [0.2, 0.25) is 0 Å². The number of hydrogen-bond donors (Lipinski definition) is 1. The summed E-state index contributed by atoms with van der Waals surface area (Å²) in [4.78, 5) is 3.98. The number of hydrogen-bond acceptors (Lipinski definition) is 4. The maximum absolute atomic E-state index is 5.66. The lowest BCUT2D eigenvalue weighted by Crippen LogP contribution is -1.87. The average Bonchev–Trinajstić information content (AvgIpc) is 2.52. The van der Waals surface area contributed by atoms with Crippen molar-refractivity contribution in [2.75, 3.05) is 5.73 Å². The SMILES string of the molecule is Cc1cnccc1-c1oncc1N. The van der Waals surface area contributed by atoms with Crippen LogP contribution in [0.3, 0.4) is 0 Å². The van der Waals surface area contributed by atoms with Crippen molar-refractivity contribution in [3.8, 4) is 11.3 Å². The molecule has 0 bridgehead atoms. The van der Waals surface area contributed by atoms with E-state index in [4.69, 9.17) is 10.3 Å². The number of nitrogens with two attached hydrogens (primary N) is 1. The third-order valence-corrected chi connectivity index (χ3v) is 1.86. The summed E-state index contributed by atoms with van der Waals surface area (Å²) >= 11 is 0. The fourth-order valence-corrected chi connectivity index (χ4v) is 1.18. The summed E-state index contributed by atoms with van der Waals surface area (Å²) in [7, 11) is 0. The number of aromatic nitrogens is 2. The van der Waals surface area contributed by atoms with E-state index in [1.807, 2.05) is 13.0 Å². The summed E-state index contributed by atoms with van der Waals surface area (Å²) in [6.45, 7) is 1.95. The Bertz CT molecular complexity index is 422. The lowest BCUT2D eigenvalue weighted by molar-refractivity contribution is 0.432. The third kappa shape index (κ3) is 1.26. The molecule has 0 atom stereocenters. The Morgan fingerprint density at radius 2 is 2.23 bits per heavy atom. The van der Waals surface area contributed by atoms with Gasteiger partial charge in [0.1, 0.15) is 5.69 Å². The van der Waals surface area contributed by atoms with Gasteiger partial charge in [0, 0.05) is 18.0 Å². The number of rotatable bonds is 1. The number of anilines is 1. The first kappa shape index (κ1) is 7.79. The normalized spacial score (nSPS) is 10.2. The van der Waals surface area contributed by atoms with E-state index >= 15 is 0 Å². The van der Waals surface area contributed by atoms with Gasteiger partial charge < -0.3 is 10.3 Å². The van der Waals surface area contributed by atoms with Crippen molar-refractivity contribution >= 4 is 5.69 Å². The molecular weight excluding hydrogens is 166 g/mol. The Kier molecular flexibility index (Phi) is 1.73. The molecule has 0 radical (unpaired) electrons. The van der Waals surface area contributed by atoms with Crippen molar-refractivity contribution in [1.29, 1.82) is 0 Å². The molecule has 0 unspecified atom stereocenters. The van der Waals surface area contributed by atoms with Crippen LogP contribution < -0.4 is 5.73 Å². The van der Waals surface area contributed by atoms with Crippen molar-refractivity contribution < 1.29 is 4.52 Å². The largest absolute Gasteiger partial charge is 0.394 e.